The molecule has 0 aliphatic carbocycles. The maximum atomic E-state index is 12.1. The van der Waals surface area contributed by atoms with Crippen LogP contribution in [0.5, 0.6) is 11.5 Å². The number of nitriles is 1. The first-order valence-electron chi connectivity index (χ1n) is 6.85. The minimum atomic E-state index is -0.433. The molecule has 1 aromatic rings. The van der Waals surface area contributed by atoms with Gasteiger partial charge >= 0.3 is 0 Å². The summed E-state index contributed by atoms with van der Waals surface area (Å²) in [4.78, 5) is 14.0. The summed E-state index contributed by atoms with van der Waals surface area (Å²) in [5.74, 6) is 0.969. The molecule has 1 atom stereocenters. The monoisotopic (exact) mass is 272 g/mol. The van der Waals surface area contributed by atoms with E-state index in [1.165, 1.54) is 0 Å². The minimum absolute atomic E-state index is 0.0618. The molecule has 3 rings (SSSR count). The van der Waals surface area contributed by atoms with Crippen molar-refractivity contribution in [2.75, 3.05) is 19.9 Å². The summed E-state index contributed by atoms with van der Waals surface area (Å²) < 4.78 is 10.6. The van der Waals surface area contributed by atoms with E-state index >= 15 is 0 Å². The van der Waals surface area contributed by atoms with Crippen LogP contribution in [-0.4, -0.2) is 30.7 Å². The van der Waals surface area contributed by atoms with Crippen LogP contribution in [0.4, 0.5) is 0 Å². The van der Waals surface area contributed by atoms with Gasteiger partial charge in [0.15, 0.2) is 11.5 Å². The van der Waals surface area contributed by atoms with Crippen LogP contribution < -0.4 is 9.47 Å². The van der Waals surface area contributed by atoms with Gasteiger partial charge in [-0.2, -0.15) is 5.26 Å². The molecular formula is C15H16N2O3. The van der Waals surface area contributed by atoms with Gasteiger partial charge in [-0.1, -0.05) is 6.07 Å². The highest BCUT2D eigenvalue weighted by molar-refractivity contribution is 5.78. The van der Waals surface area contributed by atoms with Crippen molar-refractivity contribution in [3.8, 4) is 17.6 Å². The van der Waals surface area contributed by atoms with Crippen LogP contribution in [0.15, 0.2) is 18.2 Å². The van der Waals surface area contributed by atoms with E-state index in [4.69, 9.17) is 9.47 Å². The van der Waals surface area contributed by atoms with Gasteiger partial charge in [0.2, 0.25) is 12.7 Å². The van der Waals surface area contributed by atoms with Crippen molar-refractivity contribution in [2.45, 2.75) is 25.2 Å². The van der Waals surface area contributed by atoms with Crippen LogP contribution in [-0.2, 0) is 4.79 Å². The summed E-state index contributed by atoms with van der Waals surface area (Å²) in [5, 5.41) is 9.33. The van der Waals surface area contributed by atoms with E-state index in [9.17, 15) is 10.1 Å². The second-order valence-corrected chi connectivity index (χ2v) is 5.09. The molecule has 2 aliphatic rings. The van der Waals surface area contributed by atoms with Gasteiger partial charge in [-0.15, -0.1) is 0 Å². The number of rotatable bonds is 3. The average Bonchev–Trinajstić information content (AvgIpc) is 3.14. The fourth-order valence-electron chi connectivity index (χ4n) is 2.64. The van der Waals surface area contributed by atoms with Crippen LogP contribution >= 0.6 is 0 Å². The minimum Gasteiger partial charge on any atom is -0.454 e. The van der Waals surface area contributed by atoms with E-state index < -0.39 is 5.92 Å². The van der Waals surface area contributed by atoms with Gasteiger partial charge in [-0.3, -0.25) is 4.79 Å². The molecule has 5 heteroatoms. The Morgan fingerprint density at radius 3 is 2.80 bits per heavy atom. The third-order valence-corrected chi connectivity index (χ3v) is 3.79. The van der Waals surface area contributed by atoms with Crippen LogP contribution in [0.25, 0.3) is 0 Å². The van der Waals surface area contributed by atoms with Crippen LogP contribution in [0, 0.1) is 11.3 Å². The maximum Gasteiger partial charge on any atom is 0.231 e. The summed E-state index contributed by atoms with van der Waals surface area (Å²) in [6.45, 7) is 1.85. The third-order valence-electron chi connectivity index (χ3n) is 3.79. The summed E-state index contributed by atoms with van der Waals surface area (Å²) in [6.07, 6.45) is 2.36. The number of benzene rings is 1. The molecule has 2 aliphatic heterocycles. The molecule has 5 nitrogen and oxygen atoms in total. The molecule has 1 amide bonds. The number of likely N-dealkylation sites (tertiary alicyclic amines) is 1. The lowest BCUT2D eigenvalue weighted by molar-refractivity contribution is -0.130. The normalized spacial score (nSPS) is 17.9. The standard InChI is InChI=1S/C15H16N2O3/c16-9-12(8-15(18)17-5-1-2-6-17)11-3-4-13-14(7-11)20-10-19-13/h3-4,7,12H,1-2,5-6,8,10H2. The van der Waals surface area contributed by atoms with Crippen molar-refractivity contribution < 1.29 is 14.3 Å². The molecule has 1 saturated heterocycles. The molecule has 0 bridgehead atoms. The third kappa shape index (κ3) is 2.42. The number of hydrogen-bond acceptors (Lipinski definition) is 4. The molecule has 0 N–H and O–H groups in total. The van der Waals surface area contributed by atoms with E-state index in [0.717, 1.165) is 31.5 Å². The summed E-state index contributed by atoms with van der Waals surface area (Å²) in [6, 6.07) is 7.65. The number of hydrogen-bond donors (Lipinski definition) is 0. The van der Waals surface area contributed by atoms with Gasteiger partial charge in [-0.05, 0) is 30.5 Å². The molecule has 1 aromatic carbocycles. The second-order valence-electron chi connectivity index (χ2n) is 5.09. The molecule has 1 fully saturated rings. The zero-order valence-electron chi connectivity index (χ0n) is 11.2. The lowest BCUT2D eigenvalue weighted by Gasteiger charge is -2.17. The van der Waals surface area contributed by atoms with Crippen LogP contribution in [0.1, 0.15) is 30.7 Å². The molecular weight excluding hydrogens is 256 g/mol. The predicted octanol–water partition coefficient (Wildman–Crippen LogP) is 2.03. The second kappa shape index (κ2) is 5.41. The number of amides is 1. The van der Waals surface area contributed by atoms with E-state index in [0.29, 0.717) is 11.5 Å². The van der Waals surface area contributed by atoms with Crippen molar-refractivity contribution >= 4 is 5.91 Å². The number of fused-ring (bicyclic) bond motifs is 1. The molecule has 0 aromatic heterocycles. The van der Waals surface area contributed by atoms with Crippen molar-refractivity contribution in [3.63, 3.8) is 0 Å². The van der Waals surface area contributed by atoms with Gasteiger partial charge < -0.3 is 14.4 Å². The average molecular weight is 272 g/mol. The molecule has 104 valence electrons. The van der Waals surface area contributed by atoms with Crippen molar-refractivity contribution in [1.82, 2.24) is 4.90 Å². The lowest BCUT2D eigenvalue weighted by Crippen LogP contribution is -2.28. The topological polar surface area (TPSA) is 62.6 Å². The van der Waals surface area contributed by atoms with Crippen molar-refractivity contribution in [2.24, 2.45) is 0 Å². The summed E-state index contributed by atoms with van der Waals surface area (Å²) in [5.41, 5.74) is 0.810. The fourth-order valence-corrected chi connectivity index (χ4v) is 2.64. The smallest absolute Gasteiger partial charge is 0.231 e. The molecule has 20 heavy (non-hydrogen) atoms. The molecule has 0 saturated carbocycles. The quantitative estimate of drug-likeness (QED) is 0.844. The van der Waals surface area contributed by atoms with Crippen molar-refractivity contribution in [3.05, 3.63) is 23.8 Å². The highest BCUT2D eigenvalue weighted by Crippen LogP contribution is 2.35. The largest absolute Gasteiger partial charge is 0.454 e. The van der Waals surface area contributed by atoms with Gasteiger partial charge in [0, 0.05) is 19.5 Å². The Hall–Kier alpha value is -2.22. The lowest BCUT2D eigenvalue weighted by atomic mass is 9.96. The van der Waals surface area contributed by atoms with E-state index in [1.807, 2.05) is 11.0 Å². The van der Waals surface area contributed by atoms with E-state index in [-0.39, 0.29) is 19.1 Å². The Labute approximate surface area is 117 Å². The first-order valence-corrected chi connectivity index (χ1v) is 6.85. The van der Waals surface area contributed by atoms with Gasteiger partial charge in [0.25, 0.3) is 0 Å². The number of nitrogens with zero attached hydrogens (tertiary/aromatic N) is 2. The Balaban J connectivity index is 1.73. The van der Waals surface area contributed by atoms with Gasteiger partial charge in [-0.25, -0.2) is 0 Å². The Kier molecular flexibility index (Phi) is 3.46. The first kappa shape index (κ1) is 12.8. The number of carbonyl (C=O) groups excluding carboxylic acids is 1. The Morgan fingerprint density at radius 2 is 2.05 bits per heavy atom. The Bertz CT molecular complexity index is 559. The van der Waals surface area contributed by atoms with Crippen LogP contribution in [0.3, 0.4) is 0 Å². The zero-order chi connectivity index (χ0) is 13.9. The van der Waals surface area contributed by atoms with Gasteiger partial charge in [0.05, 0.1) is 12.0 Å². The molecule has 1 unspecified atom stereocenters. The highest BCUT2D eigenvalue weighted by atomic mass is 16.7. The van der Waals surface area contributed by atoms with Crippen LogP contribution in [0.2, 0.25) is 0 Å². The molecule has 0 spiro atoms. The molecule has 0 radical (unpaired) electrons. The predicted molar refractivity (Wildman–Crippen MR) is 71.4 cm³/mol. The zero-order valence-corrected chi connectivity index (χ0v) is 11.2. The number of ether oxygens (including phenoxy) is 2. The SMILES string of the molecule is N#CC(CC(=O)N1CCCC1)c1ccc2c(c1)OCO2. The summed E-state index contributed by atoms with van der Waals surface area (Å²) in [7, 11) is 0. The van der Waals surface area contributed by atoms with E-state index in [1.54, 1.807) is 12.1 Å². The van der Waals surface area contributed by atoms with Crippen molar-refractivity contribution in [1.29, 1.82) is 5.26 Å². The highest BCUT2D eigenvalue weighted by Gasteiger charge is 2.24. The van der Waals surface area contributed by atoms with E-state index in [2.05, 4.69) is 6.07 Å². The maximum absolute atomic E-state index is 12.1. The molecule has 2 heterocycles. The fraction of sp³-hybridized carbons (Fsp3) is 0.467. The Morgan fingerprint density at radius 1 is 1.30 bits per heavy atom. The summed E-state index contributed by atoms with van der Waals surface area (Å²) >= 11 is 0. The number of carbonyl (C=O) groups is 1. The first-order chi connectivity index (χ1) is 9.78. The van der Waals surface area contributed by atoms with Gasteiger partial charge in [0.1, 0.15) is 0 Å².